The molecule has 1 fully saturated rings. The first kappa shape index (κ1) is 36.8. The van der Waals surface area contributed by atoms with Crippen molar-refractivity contribution in [2.24, 2.45) is 13.0 Å². The summed E-state index contributed by atoms with van der Waals surface area (Å²) in [6, 6.07) is 5.74. The number of carbonyl (C=O) groups is 1. The van der Waals surface area contributed by atoms with Gasteiger partial charge in [-0.3, -0.25) is 18.9 Å². The van der Waals surface area contributed by atoms with Gasteiger partial charge in [-0.25, -0.2) is 31.0 Å². The van der Waals surface area contributed by atoms with E-state index in [-0.39, 0.29) is 74.2 Å². The van der Waals surface area contributed by atoms with E-state index in [0.717, 1.165) is 18.4 Å². The number of fused-ring (bicyclic) bond motifs is 4. The number of nitrogen functional groups attached to an aromatic ring is 1. The Kier molecular flexibility index (Phi) is 9.08. The minimum Gasteiger partial charge on any atom is -0.396 e. The van der Waals surface area contributed by atoms with Crippen LogP contribution in [0.4, 0.5) is 37.8 Å². The largest absolute Gasteiger partial charge is 0.396 e. The SMILES string of the molecule is Cn1nc(NS(C)(=O)=O)c2c(Cl)ccc(-c3cc(N)c(Cl)nc3C(Cc3cc(F)cc(F)c3)NC(=O)Cn3nc(C(F)F)c4c3C(F)(F)C3CCC43)c21. The van der Waals surface area contributed by atoms with Gasteiger partial charge in [-0.1, -0.05) is 29.3 Å². The Hall–Kier alpha value is -4.55. The average Bonchev–Trinajstić information content (AvgIpc) is 3.58. The number of halogens is 8. The third-order valence-corrected chi connectivity index (χ3v) is 10.7. The summed E-state index contributed by atoms with van der Waals surface area (Å²) in [6.45, 7) is -0.913. The number of aromatic nitrogens is 5. The quantitative estimate of drug-likeness (QED) is 0.102. The van der Waals surface area contributed by atoms with Crippen LogP contribution in [-0.4, -0.2) is 45.1 Å². The Balaban J connectivity index is 1.35. The van der Waals surface area contributed by atoms with Crippen molar-refractivity contribution < 1.29 is 39.6 Å². The summed E-state index contributed by atoms with van der Waals surface area (Å²) >= 11 is 12.9. The van der Waals surface area contributed by atoms with E-state index in [1.54, 1.807) is 6.07 Å². The van der Waals surface area contributed by atoms with Gasteiger partial charge in [0.15, 0.2) is 11.0 Å². The molecule has 0 radical (unpaired) electrons. The van der Waals surface area contributed by atoms with Crippen LogP contribution >= 0.6 is 23.2 Å². The standard InChI is InChI=1S/C33H28Cl2F6N8O3S/c1-48-28-16(4-6-20(34)25(28)32(46-48)47-53(2,51)52)18-11-21(42)30(35)44-26(18)22(9-13-7-14(36)10-15(37)8-13)43-23(50)12-49-29-24(27(45-49)31(38)39)17-3-5-19(17)33(29,40)41/h4,6-8,10-11,17,19,22,31H,3,5,9,12,42H2,1-2H3,(H,43,50)(H,46,47). The van der Waals surface area contributed by atoms with Crippen molar-refractivity contribution in [3.05, 3.63) is 86.4 Å². The van der Waals surface area contributed by atoms with Gasteiger partial charge in [-0.15, -0.1) is 0 Å². The molecule has 2 aliphatic carbocycles. The average molecular weight is 802 g/mol. The van der Waals surface area contributed by atoms with Crippen molar-refractivity contribution in [2.75, 3.05) is 16.7 Å². The summed E-state index contributed by atoms with van der Waals surface area (Å²) in [4.78, 5) is 18.2. The molecule has 2 aliphatic rings. The van der Waals surface area contributed by atoms with E-state index in [4.69, 9.17) is 28.9 Å². The highest BCUT2D eigenvalue weighted by atomic mass is 35.5. The van der Waals surface area contributed by atoms with Crippen molar-refractivity contribution in [1.29, 1.82) is 0 Å². The third kappa shape index (κ3) is 6.54. The normalized spacial score (nSPS) is 18.2. The third-order valence-electron chi connectivity index (χ3n) is 9.51. The first-order valence-electron chi connectivity index (χ1n) is 15.9. The minimum atomic E-state index is -3.82. The van der Waals surface area contributed by atoms with Crippen molar-refractivity contribution >= 4 is 61.5 Å². The molecule has 0 aliphatic heterocycles. The molecule has 0 bridgehead atoms. The lowest BCUT2D eigenvalue weighted by atomic mass is 9.73. The lowest BCUT2D eigenvalue weighted by molar-refractivity contribution is -0.123. The first-order chi connectivity index (χ1) is 24.8. The molecule has 280 valence electrons. The molecule has 3 unspecified atom stereocenters. The molecular formula is C33H28Cl2F6N8O3S. The van der Waals surface area contributed by atoms with E-state index in [1.165, 1.54) is 23.9 Å². The molecule has 1 saturated carbocycles. The number of rotatable bonds is 10. The Morgan fingerprint density at radius 3 is 2.38 bits per heavy atom. The molecule has 3 aromatic heterocycles. The number of nitrogens with two attached hydrogens (primary N) is 1. The van der Waals surface area contributed by atoms with Gasteiger partial charge in [-0.05, 0) is 55.0 Å². The zero-order chi connectivity index (χ0) is 38.3. The summed E-state index contributed by atoms with van der Waals surface area (Å²) in [5.74, 6) is -8.45. The zero-order valence-corrected chi connectivity index (χ0v) is 29.9. The maximum atomic E-state index is 15.5. The number of nitrogens with zero attached hydrogens (tertiary/aromatic N) is 5. The molecule has 11 nitrogen and oxygen atoms in total. The Labute approximate surface area is 307 Å². The fourth-order valence-electron chi connectivity index (χ4n) is 7.34. The van der Waals surface area contributed by atoms with E-state index in [1.807, 2.05) is 0 Å². The number of hydrogen-bond donors (Lipinski definition) is 3. The van der Waals surface area contributed by atoms with Crippen molar-refractivity contribution in [2.45, 2.75) is 50.1 Å². The minimum absolute atomic E-state index is 0.0213. The van der Waals surface area contributed by atoms with Gasteiger partial charge in [0.25, 0.3) is 12.3 Å². The number of pyridine rings is 1. The zero-order valence-electron chi connectivity index (χ0n) is 27.6. The second-order valence-corrected chi connectivity index (χ2v) is 15.6. The van der Waals surface area contributed by atoms with Crippen molar-refractivity contribution in [3.8, 4) is 11.1 Å². The van der Waals surface area contributed by atoms with Gasteiger partial charge in [-0.2, -0.15) is 19.0 Å². The molecular weight excluding hydrogens is 773 g/mol. The van der Waals surface area contributed by atoms with Crippen LogP contribution < -0.4 is 15.8 Å². The number of nitrogens with one attached hydrogen (secondary N) is 2. The molecule has 20 heteroatoms. The van der Waals surface area contributed by atoms with Crippen LogP contribution in [0.25, 0.3) is 22.0 Å². The molecule has 5 aromatic rings. The van der Waals surface area contributed by atoms with Gasteiger partial charge < -0.3 is 11.1 Å². The number of hydrogen-bond acceptors (Lipinski definition) is 7. The highest BCUT2D eigenvalue weighted by Crippen LogP contribution is 2.63. The summed E-state index contributed by atoms with van der Waals surface area (Å²) in [5.41, 5.74) is 5.14. The van der Waals surface area contributed by atoms with Crippen LogP contribution in [0, 0.1) is 17.6 Å². The fraction of sp³-hybridized carbons (Fsp3) is 0.333. The summed E-state index contributed by atoms with van der Waals surface area (Å²) in [7, 11) is -2.31. The van der Waals surface area contributed by atoms with Crippen molar-refractivity contribution in [1.82, 2.24) is 29.9 Å². The molecule has 0 spiro atoms. The topological polar surface area (TPSA) is 150 Å². The first-order valence-corrected chi connectivity index (χ1v) is 18.6. The Morgan fingerprint density at radius 1 is 1.06 bits per heavy atom. The molecule has 7 rings (SSSR count). The molecule has 3 heterocycles. The van der Waals surface area contributed by atoms with Gasteiger partial charge in [0, 0.05) is 35.7 Å². The monoisotopic (exact) mass is 800 g/mol. The number of benzene rings is 2. The van der Waals surface area contributed by atoms with Crippen LogP contribution in [-0.2, 0) is 40.8 Å². The van der Waals surface area contributed by atoms with Crippen LogP contribution in [0.15, 0.2) is 36.4 Å². The van der Waals surface area contributed by atoms with E-state index in [0.29, 0.717) is 16.3 Å². The van der Waals surface area contributed by atoms with Crippen molar-refractivity contribution in [3.63, 3.8) is 0 Å². The molecule has 0 saturated heterocycles. The summed E-state index contributed by atoms with van der Waals surface area (Å²) < 4.78 is 116. The fourth-order valence-corrected chi connectivity index (χ4v) is 8.22. The number of anilines is 2. The molecule has 1 amide bonds. The van der Waals surface area contributed by atoms with Gasteiger partial charge in [0.2, 0.25) is 15.9 Å². The molecule has 4 N–H and O–H groups in total. The predicted molar refractivity (Wildman–Crippen MR) is 184 cm³/mol. The predicted octanol–water partition coefficient (Wildman–Crippen LogP) is 7.01. The second-order valence-electron chi connectivity index (χ2n) is 13.1. The maximum Gasteiger partial charge on any atom is 0.293 e. The number of aryl methyl sites for hydroxylation is 1. The summed E-state index contributed by atoms with van der Waals surface area (Å²) in [6.07, 6.45) is -2.18. The lowest BCUT2D eigenvalue weighted by Crippen LogP contribution is -2.36. The summed E-state index contributed by atoms with van der Waals surface area (Å²) in [5, 5.41) is 10.7. The smallest absolute Gasteiger partial charge is 0.293 e. The van der Waals surface area contributed by atoms with Gasteiger partial charge in [0.05, 0.1) is 39.6 Å². The van der Waals surface area contributed by atoms with E-state index in [9.17, 15) is 30.8 Å². The molecule has 2 aromatic carbocycles. The second kappa shape index (κ2) is 13.1. The maximum absolute atomic E-state index is 15.5. The number of alkyl halides is 4. The number of sulfonamides is 1. The Bertz CT molecular complexity index is 2420. The Morgan fingerprint density at radius 2 is 1.75 bits per heavy atom. The van der Waals surface area contributed by atoms with Crippen LogP contribution in [0.1, 0.15) is 59.4 Å². The van der Waals surface area contributed by atoms with Gasteiger partial charge in [0.1, 0.15) is 29.6 Å². The van der Waals surface area contributed by atoms with Crippen LogP contribution in [0.2, 0.25) is 10.2 Å². The van der Waals surface area contributed by atoms with Crippen LogP contribution in [0.5, 0.6) is 0 Å². The molecule has 53 heavy (non-hydrogen) atoms. The van der Waals surface area contributed by atoms with Gasteiger partial charge >= 0.3 is 0 Å². The van der Waals surface area contributed by atoms with E-state index < -0.39 is 75.7 Å². The van der Waals surface area contributed by atoms with E-state index in [2.05, 4.69) is 25.2 Å². The van der Waals surface area contributed by atoms with E-state index >= 15 is 8.78 Å². The number of carbonyl (C=O) groups excluding carboxylic acids is 1. The van der Waals surface area contributed by atoms with Crippen LogP contribution in [0.3, 0.4) is 0 Å². The number of amides is 1. The molecule has 3 atom stereocenters. The highest BCUT2D eigenvalue weighted by Gasteiger charge is 2.62. The highest BCUT2D eigenvalue weighted by molar-refractivity contribution is 7.92. The lowest BCUT2D eigenvalue weighted by Gasteiger charge is -2.34.